The summed E-state index contributed by atoms with van der Waals surface area (Å²) in [4.78, 5) is 10.3. The Bertz CT molecular complexity index is 3440. The Morgan fingerprint density at radius 2 is 1.05 bits per heavy atom. The topological polar surface area (TPSA) is 24.3 Å². The molecule has 0 aliphatic carbocycles. The van der Waals surface area contributed by atoms with Gasteiger partial charge in [0, 0.05) is 45.7 Å². The lowest BCUT2D eigenvalue weighted by atomic mass is 9.85. The van der Waals surface area contributed by atoms with E-state index in [1.54, 1.807) is 0 Å². The van der Waals surface area contributed by atoms with Gasteiger partial charge in [0.05, 0.1) is 17.7 Å². The number of rotatable bonds is 10. The largest absolute Gasteiger partial charge is 0.328 e. The van der Waals surface area contributed by atoms with Crippen molar-refractivity contribution in [3.05, 3.63) is 216 Å². The number of hydrogen-bond acceptors (Lipinski definition) is 3. The molecule has 0 atom stereocenters. The zero-order valence-corrected chi connectivity index (χ0v) is 46.5. The molecule has 7 aromatic carbocycles. The number of anilines is 2. The average Bonchev–Trinajstić information content (AvgIpc) is 3.98. The van der Waals surface area contributed by atoms with Crippen molar-refractivity contribution >= 4 is 62.0 Å². The van der Waals surface area contributed by atoms with Crippen LogP contribution in [0, 0.1) is 5.41 Å². The number of para-hydroxylation sites is 1. The fourth-order valence-corrected chi connectivity index (χ4v) is 16.2. The fourth-order valence-electron chi connectivity index (χ4n) is 11.4. The quantitative estimate of drug-likeness (QED) is 0.101. The molecule has 0 N–H and O–H groups in total. The fraction of sp³-hybridized carbons (Fsp3) is 0.279. The van der Waals surface area contributed by atoms with Gasteiger partial charge in [-0.2, -0.15) is 0 Å². The second-order valence-electron chi connectivity index (χ2n) is 24.2. The van der Waals surface area contributed by atoms with Crippen LogP contribution in [0.3, 0.4) is 0 Å². The van der Waals surface area contributed by atoms with Gasteiger partial charge in [-0.25, -0.2) is 4.98 Å². The van der Waals surface area contributed by atoms with E-state index in [-0.39, 0.29) is 16.2 Å². The molecule has 0 radical (unpaired) electrons. The molecule has 5 heteroatoms. The SMILES string of the molecule is CC(C)c1cccc(C(C)C)c1-c1ccnc(-n2c3ccccc3c3ccc([Si](c4ccccc4)(c4ccccc4)c4cc(N5CN(c6cccc(C(C)(C)C)c6)C=C5C(C)(C)C)cc(C(C)(C)C)c4)cc32)c1. The lowest BCUT2D eigenvalue weighted by Crippen LogP contribution is -2.74. The van der Waals surface area contributed by atoms with E-state index in [0.717, 1.165) is 23.5 Å². The van der Waals surface area contributed by atoms with E-state index in [9.17, 15) is 0 Å². The second kappa shape index (κ2) is 18.8. The van der Waals surface area contributed by atoms with Crippen LogP contribution in [0.5, 0.6) is 0 Å². The predicted molar refractivity (Wildman–Crippen MR) is 317 cm³/mol. The van der Waals surface area contributed by atoms with Gasteiger partial charge in [0.2, 0.25) is 0 Å². The van der Waals surface area contributed by atoms with E-state index in [0.29, 0.717) is 11.8 Å². The minimum atomic E-state index is -3.16. The second-order valence-corrected chi connectivity index (χ2v) is 28.0. The van der Waals surface area contributed by atoms with Crippen LogP contribution in [0.25, 0.3) is 38.8 Å². The molecule has 0 spiro atoms. The highest BCUT2D eigenvalue weighted by Crippen LogP contribution is 2.42. The van der Waals surface area contributed by atoms with Crippen molar-refractivity contribution in [1.29, 1.82) is 0 Å². The van der Waals surface area contributed by atoms with Gasteiger partial charge in [-0.3, -0.25) is 4.57 Å². The highest BCUT2D eigenvalue weighted by Gasteiger charge is 2.44. The van der Waals surface area contributed by atoms with Gasteiger partial charge < -0.3 is 9.80 Å². The molecule has 2 aromatic heterocycles. The van der Waals surface area contributed by atoms with Crippen LogP contribution in [-0.2, 0) is 10.8 Å². The first-order chi connectivity index (χ1) is 34.7. The summed E-state index contributed by atoms with van der Waals surface area (Å²) in [5.74, 6) is 1.67. The molecule has 0 unspecified atom stereocenters. The Labute approximate surface area is 437 Å². The van der Waals surface area contributed by atoms with Crippen molar-refractivity contribution in [2.45, 2.75) is 113 Å². The highest BCUT2D eigenvalue weighted by atomic mass is 28.3. The molecule has 0 bridgehead atoms. The van der Waals surface area contributed by atoms with Crippen molar-refractivity contribution in [1.82, 2.24) is 9.55 Å². The zero-order chi connectivity index (χ0) is 51.6. The number of nitrogens with zero attached hydrogens (tertiary/aromatic N) is 4. The molecule has 4 nitrogen and oxygen atoms in total. The summed E-state index contributed by atoms with van der Waals surface area (Å²) in [5, 5.41) is 7.83. The number of allylic oxidation sites excluding steroid dienone is 1. The summed E-state index contributed by atoms with van der Waals surface area (Å²) in [6.45, 7) is 31.0. The molecule has 0 saturated heterocycles. The lowest BCUT2D eigenvalue weighted by Gasteiger charge is -2.38. The third kappa shape index (κ3) is 9.05. The van der Waals surface area contributed by atoms with Crippen LogP contribution < -0.4 is 30.5 Å². The number of fused-ring (bicyclic) bond motifs is 3. The molecular weight excluding hydrogens is 901 g/mol. The standard InChI is InChI=1S/C68H74N4Si/c1-46(2)57-31-23-32-58(47(3)4)65(57)48-36-37-69-64(38-48)72-61-33-21-20-30-59(61)60-35-34-55(43-62(60)72)73(53-26-16-14-17-27-53,54-28-18-15-19-29-54)56-41-50(67(8,9)10)40-52(42-56)71-45-70(44-63(71)68(11,12)13)51-25-22-24-49(39-51)66(5,6)7/h14-44,46-47H,45H2,1-13H3. The van der Waals surface area contributed by atoms with Crippen LogP contribution >= 0.6 is 0 Å². The third-order valence-electron chi connectivity index (χ3n) is 15.4. The Kier molecular flexibility index (Phi) is 12.8. The molecule has 1 aliphatic heterocycles. The molecule has 0 fully saturated rings. The maximum Gasteiger partial charge on any atom is 0.179 e. The van der Waals surface area contributed by atoms with Gasteiger partial charge in [0.15, 0.2) is 8.07 Å². The first-order valence-electron chi connectivity index (χ1n) is 26.5. The van der Waals surface area contributed by atoms with Crippen LogP contribution in [0.4, 0.5) is 11.4 Å². The lowest BCUT2D eigenvalue weighted by molar-refractivity contribution is 0.492. The summed E-state index contributed by atoms with van der Waals surface area (Å²) in [6.07, 6.45) is 4.43. The van der Waals surface area contributed by atoms with Crippen LogP contribution in [0.1, 0.15) is 124 Å². The Hall–Kier alpha value is -6.95. The van der Waals surface area contributed by atoms with E-state index in [4.69, 9.17) is 4.98 Å². The van der Waals surface area contributed by atoms with Crippen LogP contribution in [0.15, 0.2) is 194 Å². The molecule has 1 aliphatic rings. The molecule has 370 valence electrons. The Balaban J connectivity index is 1.25. The van der Waals surface area contributed by atoms with Crippen LogP contribution in [0.2, 0.25) is 0 Å². The molecule has 3 heterocycles. The van der Waals surface area contributed by atoms with E-state index < -0.39 is 8.07 Å². The summed E-state index contributed by atoms with van der Waals surface area (Å²) < 4.78 is 2.44. The first-order valence-corrected chi connectivity index (χ1v) is 28.5. The van der Waals surface area contributed by atoms with Crippen molar-refractivity contribution in [2.75, 3.05) is 16.5 Å². The van der Waals surface area contributed by atoms with Gasteiger partial charge in [0.1, 0.15) is 5.82 Å². The van der Waals surface area contributed by atoms with Crippen molar-refractivity contribution in [3.63, 3.8) is 0 Å². The van der Waals surface area contributed by atoms with Gasteiger partial charge in [-0.15, -0.1) is 0 Å². The summed E-state index contributed by atoms with van der Waals surface area (Å²) in [5.41, 5.74) is 13.8. The smallest absolute Gasteiger partial charge is 0.179 e. The van der Waals surface area contributed by atoms with Gasteiger partial charge in [0.25, 0.3) is 0 Å². The summed E-state index contributed by atoms with van der Waals surface area (Å²) >= 11 is 0. The Morgan fingerprint density at radius 1 is 0.466 bits per heavy atom. The molecule has 0 saturated carbocycles. The van der Waals surface area contributed by atoms with Gasteiger partial charge in [-0.1, -0.05) is 217 Å². The number of hydrogen-bond donors (Lipinski definition) is 0. The van der Waals surface area contributed by atoms with E-state index >= 15 is 0 Å². The van der Waals surface area contributed by atoms with Gasteiger partial charge >= 0.3 is 0 Å². The van der Waals surface area contributed by atoms with Crippen molar-refractivity contribution < 1.29 is 0 Å². The minimum absolute atomic E-state index is 0.0416. The molecule has 9 aromatic rings. The van der Waals surface area contributed by atoms with Gasteiger partial charge in [-0.05, 0) is 125 Å². The molecule has 10 rings (SSSR count). The third-order valence-corrected chi connectivity index (χ3v) is 20.1. The maximum absolute atomic E-state index is 5.25. The molecule has 73 heavy (non-hydrogen) atoms. The predicted octanol–water partition coefficient (Wildman–Crippen LogP) is 15.2. The van der Waals surface area contributed by atoms with Crippen molar-refractivity contribution in [2.24, 2.45) is 5.41 Å². The monoisotopic (exact) mass is 975 g/mol. The number of benzene rings is 7. The normalized spacial score (nSPS) is 13.8. The van der Waals surface area contributed by atoms with E-state index in [1.807, 2.05) is 6.20 Å². The minimum Gasteiger partial charge on any atom is -0.328 e. The molecular formula is C68H74N4Si. The maximum atomic E-state index is 5.25. The van der Waals surface area contributed by atoms with E-state index in [1.165, 1.54) is 82.0 Å². The highest BCUT2D eigenvalue weighted by molar-refractivity contribution is 7.20. The van der Waals surface area contributed by atoms with Crippen molar-refractivity contribution in [3.8, 4) is 16.9 Å². The number of pyridine rings is 1. The summed E-state index contributed by atoms with van der Waals surface area (Å²) in [7, 11) is -3.16. The number of aromatic nitrogens is 2. The molecule has 0 amide bonds. The van der Waals surface area contributed by atoms with Crippen LogP contribution in [-0.4, -0.2) is 24.3 Å². The summed E-state index contributed by atoms with van der Waals surface area (Å²) in [6, 6.07) is 67.3. The van der Waals surface area contributed by atoms with E-state index in [2.05, 4.69) is 287 Å². The zero-order valence-electron chi connectivity index (χ0n) is 45.5. The average molecular weight is 975 g/mol. The first kappa shape index (κ1) is 49.6. The Morgan fingerprint density at radius 3 is 1.67 bits per heavy atom.